The molecule has 0 spiro atoms. The predicted octanol–water partition coefficient (Wildman–Crippen LogP) is 7.33. The molecule has 2 unspecified atom stereocenters. The van der Waals surface area contributed by atoms with Gasteiger partial charge in [-0.05, 0) is 94.4 Å². The van der Waals surface area contributed by atoms with Crippen LogP contribution < -0.4 is 0 Å². The summed E-state index contributed by atoms with van der Waals surface area (Å²) in [5, 5.41) is 0.00286. The Kier molecular flexibility index (Phi) is 9.65. The molecule has 2 heterocycles. The Morgan fingerprint density at radius 2 is 1.72 bits per heavy atom. The van der Waals surface area contributed by atoms with Gasteiger partial charge in [0.25, 0.3) is 0 Å². The van der Waals surface area contributed by atoms with E-state index in [0.29, 0.717) is 18.6 Å². The number of hydrogen-bond donors (Lipinski definition) is 0. The third-order valence-corrected chi connectivity index (χ3v) is 12.1. The molecule has 2 aromatic rings. The molecular weight excluding hydrogens is 508 g/mol. The van der Waals surface area contributed by atoms with Gasteiger partial charge in [-0.2, -0.15) is 0 Å². The minimum Gasteiger partial charge on any atom is -0.462 e. The number of ether oxygens (including phenoxy) is 2. The molecule has 1 aliphatic rings. The van der Waals surface area contributed by atoms with Crippen molar-refractivity contribution in [3.8, 4) is 0 Å². The molecule has 1 saturated heterocycles. The van der Waals surface area contributed by atoms with Crippen LogP contribution in [0.5, 0.6) is 0 Å². The van der Waals surface area contributed by atoms with Gasteiger partial charge in [0.05, 0.1) is 24.3 Å². The summed E-state index contributed by atoms with van der Waals surface area (Å²) in [6.45, 7) is 19.0. The highest BCUT2D eigenvalue weighted by Crippen LogP contribution is 2.44. The number of nitrogens with zero attached hydrogens (tertiary/aromatic N) is 2. The molecule has 0 radical (unpaired) electrons. The van der Waals surface area contributed by atoms with E-state index in [0.717, 1.165) is 24.0 Å². The third kappa shape index (κ3) is 7.91. The van der Waals surface area contributed by atoms with Crippen LogP contribution in [-0.4, -0.2) is 54.6 Å². The lowest BCUT2D eigenvalue weighted by atomic mass is 10.0. The lowest BCUT2D eigenvalue weighted by Gasteiger charge is -2.43. The van der Waals surface area contributed by atoms with Gasteiger partial charge in [0, 0.05) is 18.4 Å². The molecule has 1 amide bonds. The minimum atomic E-state index is -2.20. The second-order valence-corrected chi connectivity index (χ2v) is 17.6. The molecule has 1 fully saturated rings. The van der Waals surface area contributed by atoms with Crippen LogP contribution in [0.2, 0.25) is 18.1 Å². The maximum atomic E-state index is 13.8. The second-order valence-electron chi connectivity index (χ2n) is 12.9. The summed E-state index contributed by atoms with van der Waals surface area (Å²) in [6.07, 6.45) is 5.23. The summed E-state index contributed by atoms with van der Waals surface area (Å²) in [6, 6.07) is 11.2. The van der Waals surface area contributed by atoms with E-state index >= 15 is 0 Å². The normalized spacial score (nSPS) is 19.1. The molecule has 1 aromatic carbocycles. The first-order chi connectivity index (χ1) is 18.1. The SMILES string of the molecule is CCOC(=O)c1ccc(CC2CCC([C@H](O[Si](C)(C)C(C)(C)C)c3cccnc3)N2C(=O)OC(C)(C)C)cc1. The van der Waals surface area contributed by atoms with Gasteiger partial charge < -0.3 is 13.9 Å². The number of hydrogen-bond acceptors (Lipinski definition) is 6. The van der Waals surface area contributed by atoms with Crippen molar-refractivity contribution in [3.63, 3.8) is 0 Å². The molecule has 0 aliphatic carbocycles. The van der Waals surface area contributed by atoms with Crippen molar-refractivity contribution in [1.82, 2.24) is 9.88 Å². The lowest BCUT2D eigenvalue weighted by molar-refractivity contribution is -0.00244. The molecule has 8 heteroatoms. The quantitative estimate of drug-likeness (QED) is 0.251. The van der Waals surface area contributed by atoms with E-state index < -0.39 is 13.9 Å². The van der Waals surface area contributed by atoms with Gasteiger partial charge in [0.1, 0.15) is 5.60 Å². The fourth-order valence-electron chi connectivity index (χ4n) is 4.68. The Bertz CT molecular complexity index is 1110. The summed E-state index contributed by atoms with van der Waals surface area (Å²) in [7, 11) is -2.20. The molecule has 0 N–H and O–H groups in total. The smallest absolute Gasteiger partial charge is 0.410 e. The van der Waals surface area contributed by atoms with E-state index in [1.54, 1.807) is 25.3 Å². The fourth-order valence-corrected chi connectivity index (χ4v) is 5.96. The number of carbonyl (C=O) groups is 2. The number of likely N-dealkylation sites (tertiary alicyclic amines) is 1. The summed E-state index contributed by atoms with van der Waals surface area (Å²) in [4.78, 5) is 32.2. The molecule has 39 heavy (non-hydrogen) atoms. The lowest BCUT2D eigenvalue weighted by Crippen LogP contribution is -2.50. The van der Waals surface area contributed by atoms with Crippen LogP contribution in [0.3, 0.4) is 0 Å². The maximum absolute atomic E-state index is 13.8. The highest BCUT2D eigenvalue weighted by Gasteiger charge is 2.47. The molecule has 3 atom stereocenters. The Balaban J connectivity index is 1.96. The van der Waals surface area contributed by atoms with Crippen LogP contribution in [-0.2, 0) is 20.3 Å². The number of esters is 1. The summed E-state index contributed by atoms with van der Waals surface area (Å²) in [5.74, 6) is -0.331. The first kappa shape index (κ1) is 30.8. The summed E-state index contributed by atoms with van der Waals surface area (Å²) >= 11 is 0. The van der Waals surface area contributed by atoms with Crippen LogP contribution in [0, 0.1) is 0 Å². The Morgan fingerprint density at radius 3 is 2.26 bits per heavy atom. The predicted molar refractivity (Wildman–Crippen MR) is 156 cm³/mol. The number of benzene rings is 1. The standard InChI is InChI=1S/C31H46N2O5Si/c1-10-36-28(34)23-15-13-22(14-16-23)20-25-17-18-26(33(25)29(35)37-30(2,3)4)27(24-12-11-19-32-21-24)38-39(8,9)31(5,6)7/h11-16,19,21,25-27H,10,17-18,20H2,1-9H3/t25?,26?,27-/m1/s1. The largest absolute Gasteiger partial charge is 0.462 e. The third-order valence-electron chi connectivity index (χ3n) is 7.68. The zero-order chi connectivity index (χ0) is 29.0. The monoisotopic (exact) mass is 554 g/mol. The zero-order valence-corrected chi connectivity index (χ0v) is 26.1. The second kappa shape index (κ2) is 12.2. The maximum Gasteiger partial charge on any atom is 0.410 e. The van der Waals surface area contributed by atoms with E-state index in [2.05, 4.69) is 38.8 Å². The van der Waals surface area contributed by atoms with Gasteiger partial charge in [-0.25, -0.2) is 9.59 Å². The summed E-state index contributed by atoms with van der Waals surface area (Å²) < 4.78 is 18.1. The van der Waals surface area contributed by atoms with Crippen LogP contribution in [0.25, 0.3) is 0 Å². The number of amides is 1. The van der Waals surface area contributed by atoms with Gasteiger partial charge in [0.2, 0.25) is 0 Å². The van der Waals surface area contributed by atoms with E-state index in [9.17, 15) is 9.59 Å². The Hall–Kier alpha value is -2.71. The van der Waals surface area contributed by atoms with Crippen molar-refractivity contribution in [3.05, 3.63) is 65.5 Å². The van der Waals surface area contributed by atoms with E-state index in [4.69, 9.17) is 13.9 Å². The molecule has 0 bridgehead atoms. The van der Waals surface area contributed by atoms with Crippen LogP contribution >= 0.6 is 0 Å². The van der Waals surface area contributed by atoms with Gasteiger partial charge in [-0.3, -0.25) is 9.88 Å². The number of rotatable bonds is 8. The molecule has 0 saturated carbocycles. The highest BCUT2D eigenvalue weighted by atomic mass is 28.4. The number of aromatic nitrogens is 1. The zero-order valence-electron chi connectivity index (χ0n) is 25.1. The topological polar surface area (TPSA) is 78.0 Å². The van der Waals surface area contributed by atoms with Gasteiger partial charge in [0.15, 0.2) is 8.32 Å². The van der Waals surface area contributed by atoms with E-state index in [1.807, 2.05) is 56.1 Å². The van der Waals surface area contributed by atoms with Crippen molar-refractivity contribution in [2.45, 2.75) is 110 Å². The van der Waals surface area contributed by atoms with Crippen LogP contribution in [0.1, 0.15) is 88.9 Å². The Labute approximate surface area is 235 Å². The van der Waals surface area contributed by atoms with E-state index in [-0.39, 0.29) is 35.3 Å². The van der Waals surface area contributed by atoms with Crippen molar-refractivity contribution in [2.24, 2.45) is 0 Å². The van der Waals surface area contributed by atoms with Crippen LogP contribution in [0.4, 0.5) is 4.79 Å². The molecule has 1 aromatic heterocycles. The molecule has 7 nitrogen and oxygen atoms in total. The van der Waals surface area contributed by atoms with Gasteiger partial charge >= 0.3 is 12.1 Å². The fraction of sp³-hybridized carbons (Fsp3) is 0.581. The van der Waals surface area contributed by atoms with Gasteiger partial charge in [-0.1, -0.05) is 39.0 Å². The van der Waals surface area contributed by atoms with E-state index in [1.165, 1.54) is 0 Å². The molecule has 1 aliphatic heterocycles. The average molecular weight is 555 g/mol. The number of carbonyl (C=O) groups excluding carboxylic acids is 2. The first-order valence-electron chi connectivity index (χ1n) is 14.0. The van der Waals surface area contributed by atoms with Crippen LogP contribution in [0.15, 0.2) is 48.8 Å². The van der Waals surface area contributed by atoms with Gasteiger partial charge in [-0.15, -0.1) is 0 Å². The Morgan fingerprint density at radius 1 is 1.05 bits per heavy atom. The van der Waals surface area contributed by atoms with Crippen molar-refractivity contribution in [1.29, 1.82) is 0 Å². The molecular formula is C31H46N2O5Si. The average Bonchev–Trinajstić information content (AvgIpc) is 3.25. The van der Waals surface area contributed by atoms with Crippen molar-refractivity contribution in [2.75, 3.05) is 6.61 Å². The van der Waals surface area contributed by atoms with Crippen molar-refractivity contribution >= 4 is 20.4 Å². The summed E-state index contributed by atoms with van der Waals surface area (Å²) in [5.41, 5.74) is 1.92. The molecule has 214 valence electrons. The first-order valence-corrected chi connectivity index (χ1v) is 16.9. The van der Waals surface area contributed by atoms with Crippen molar-refractivity contribution < 1.29 is 23.5 Å². The minimum absolute atomic E-state index is 0.00286. The molecule has 3 rings (SSSR count). The highest BCUT2D eigenvalue weighted by molar-refractivity contribution is 6.74. The number of pyridine rings is 1.